The second-order valence-corrected chi connectivity index (χ2v) is 3.77. The first-order chi connectivity index (χ1) is 6.59. The van der Waals surface area contributed by atoms with E-state index in [4.69, 9.17) is 4.74 Å². The fraction of sp³-hybridized carbons (Fsp3) is 0.231. The first kappa shape index (κ1) is 9.07. The summed E-state index contributed by atoms with van der Waals surface area (Å²) < 4.78 is 5.64. The Morgan fingerprint density at radius 2 is 1.79 bits per heavy atom. The van der Waals surface area contributed by atoms with Gasteiger partial charge in [0.15, 0.2) is 0 Å². The number of rotatable bonds is 0. The molecule has 0 saturated carbocycles. The van der Waals surface area contributed by atoms with Crippen LogP contribution in [-0.4, -0.2) is 0 Å². The van der Waals surface area contributed by atoms with E-state index in [9.17, 15) is 0 Å². The third-order valence-electron chi connectivity index (χ3n) is 2.76. The van der Waals surface area contributed by atoms with E-state index in [2.05, 4.69) is 38.6 Å². The highest BCUT2D eigenvalue weighted by atomic mass is 16.5. The Bertz CT molecular complexity index is 439. The van der Waals surface area contributed by atoms with Crippen molar-refractivity contribution >= 4 is 5.57 Å². The number of fused-ring (bicyclic) bond motifs is 1. The Morgan fingerprint density at radius 3 is 2.50 bits per heavy atom. The zero-order chi connectivity index (χ0) is 10.3. The van der Waals surface area contributed by atoms with Crippen LogP contribution in [0.15, 0.2) is 36.1 Å². The van der Waals surface area contributed by atoms with Crippen molar-refractivity contribution in [1.82, 2.24) is 0 Å². The van der Waals surface area contributed by atoms with Crippen molar-refractivity contribution in [2.75, 3.05) is 0 Å². The van der Waals surface area contributed by atoms with Crippen LogP contribution in [0, 0.1) is 6.92 Å². The van der Waals surface area contributed by atoms with Crippen LogP contribution >= 0.6 is 0 Å². The van der Waals surface area contributed by atoms with Gasteiger partial charge in [-0.15, -0.1) is 0 Å². The van der Waals surface area contributed by atoms with Crippen molar-refractivity contribution < 1.29 is 4.74 Å². The van der Waals surface area contributed by atoms with E-state index in [0.717, 1.165) is 17.1 Å². The van der Waals surface area contributed by atoms with Crippen LogP contribution in [0.25, 0.3) is 5.57 Å². The summed E-state index contributed by atoms with van der Waals surface area (Å²) >= 11 is 0. The highest BCUT2D eigenvalue weighted by Crippen LogP contribution is 2.36. The molecule has 0 amide bonds. The molecule has 0 spiro atoms. The lowest BCUT2D eigenvalue weighted by Crippen LogP contribution is -2.05. The summed E-state index contributed by atoms with van der Waals surface area (Å²) in [5.74, 6) is 1.69. The van der Waals surface area contributed by atoms with Crippen molar-refractivity contribution in [3.8, 4) is 5.75 Å². The maximum absolute atomic E-state index is 5.64. The summed E-state index contributed by atoms with van der Waals surface area (Å²) in [6.07, 6.45) is 0. The molecule has 1 aliphatic heterocycles. The molecule has 0 atom stereocenters. The second-order valence-electron chi connectivity index (χ2n) is 3.77. The molecule has 1 aliphatic rings. The number of hydrogen-bond acceptors (Lipinski definition) is 1. The lowest BCUT2D eigenvalue weighted by atomic mass is 9.97. The van der Waals surface area contributed by atoms with Crippen LogP contribution < -0.4 is 4.74 Å². The summed E-state index contributed by atoms with van der Waals surface area (Å²) in [6.45, 7) is 10.1. The fourth-order valence-electron chi connectivity index (χ4n) is 1.64. The van der Waals surface area contributed by atoms with E-state index in [1.165, 1.54) is 16.7 Å². The van der Waals surface area contributed by atoms with Crippen molar-refractivity contribution in [2.24, 2.45) is 0 Å². The Balaban J connectivity index is 2.65. The van der Waals surface area contributed by atoms with Gasteiger partial charge in [-0.25, -0.2) is 0 Å². The van der Waals surface area contributed by atoms with Gasteiger partial charge in [-0.1, -0.05) is 18.7 Å². The third kappa shape index (κ3) is 1.25. The van der Waals surface area contributed by atoms with Gasteiger partial charge >= 0.3 is 0 Å². The average Bonchev–Trinajstić information content (AvgIpc) is 2.14. The topological polar surface area (TPSA) is 9.23 Å². The monoisotopic (exact) mass is 186 g/mol. The van der Waals surface area contributed by atoms with Crippen LogP contribution in [0.3, 0.4) is 0 Å². The second kappa shape index (κ2) is 3.02. The van der Waals surface area contributed by atoms with Gasteiger partial charge in [-0.05, 0) is 43.5 Å². The number of benzene rings is 1. The minimum absolute atomic E-state index is 0.764. The highest BCUT2D eigenvalue weighted by molar-refractivity contribution is 5.76. The minimum atomic E-state index is 0.764. The van der Waals surface area contributed by atoms with E-state index in [-0.39, 0.29) is 0 Å². The Hall–Kier alpha value is -1.50. The molecule has 0 unspecified atom stereocenters. The Morgan fingerprint density at radius 1 is 1.07 bits per heavy atom. The maximum Gasteiger partial charge on any atom is 0.135 e. The molecule has 14 heavy (non-hydrogen) atoms. The van der Waals surface area contributed by atoms with E-state index in [1.54, 1.807) is 0 Å². The lowest BCUT2D eigenvalue weighted by Gasteiger charge is -2.21. The number of allylic oxidation sites excluding steroid dienone is 2. The number of hydrogen-bond donors (Lipinski definition) is 0. The van der Waals surface area contributed by atoms with Gasteiger partial charge < -0.3 is 4.74 Å². The molecular weight excluding hydrogens is 172 g/mol. The Kier molecular flexibility index (Phi) is 1.95. The summed E-state index contributed by atoms with van der Waals surface area (Å²) in [4.78, 5) is 0. The SMILES string of the molecule is C=C1Oc2cc(C)ccc2C(C)=C1C. The molecule has 0 fully saturated rings. The van der Waals surface area contributed by atoms with Gasteiger partial charge in [-0.3, -0.25) is 0 Å². The van der Waals surface area contributed by atoms with E-state index >= 15 is 0 Å². The molecule has 1 heteroatoms. The standard InChI is InChI=1S/C13H14O/c1-8-5-6-12-10(3)9(2)11(4)14-13(12)7-8/h5-7H,4H2,1-3H3. The Labute approximate surface area is 84.7 Å². The molecule has 0 bridgehead atoms. The quantitative estimate of drug-likeness (QED) is 0.600. The summed E-state index contributed by atoms with van der Waals surface area (Å²) in [6, 6.07) is 6.26. The molecule has 0 saturated heterocycles. The van der Waals surface area contributed by atoms with Gasteiger partial charge in [0.1, 0.15) is 11.5 Å². The highest BCUT2D eigenvalue weighted by Gasteiger charge is 2.17. The van der Waals surface area contributed by atoms with Crippen molar-refractivity contribution in [3.05, 3.63) is 47.2 Å². The largest absolute Gasteiger partial charge is 0.457 e. The number of aryl methyl sites for hydroxylation is 1. The van der Waals surface area contributed by atoms with Crippen LogP contribution in [0.1, 0.15) is 25.0 Å². The average molecular weight is 186 g/mol. The first-order valence-corrected chi connectivity index (χ1v) is 4.75. The zero-order valence-electron chi connectivity index (χ0n) is 8.85. The van der Waals surface area contributed by atoms with E-state index in [1.807, 2.05) is 6.92 Å². The van der Waals surface area contributed by atoms with E-state index in [0.29, 0.717) is 0 Å². The summed E-state index contributed by atoms with van der Waals surface area (Å²) in [7, 11) is 0. The van der Waals surface area contributed by atoms with Crippen LogP contribution in [-0.2, 0) is 0 Å². The van der Waals surface area contributed by atoms with Crippen molar-refractivity contribution in [1.29, 1.82) is 0 Å². The molecule has 1 aromatic carbocycles. The zero-order valence-corrected chi connectivity index (χ0v) is 8.85. The van der Waals surface area contributed by atoms with Gasteiger partial charge in [0.25, 0.3) is 0 Å². The molecule has 0 N–H and O–H groups in total. The predicted molar refractivity (Wildman–Crippen MR) is 59.2 cm³/mol. The molecule has 72 valence electrons. The summed E-state index contributed by atoms with van der Waals surface area (Å²) in [5, 5.41) is 0. The normalized spacial score (nSPS) is 15.2. The fourth-order valence-corrected chi connectivity index (χ4v) is 1.64. The number of ether oxygens (including phenoxy) is 1. The lowest BCUT2D eigenvalue weighted by molar-refractivity contribution is 0.432. The van der Waals surface area contributed by atoms with Gasteiger partial charge in [0.2, 0.25) is 0 Å². The predicted octanol–water partition coefficient (Wildman–Crippen LogP) is 3.69. The molecule has 0 aromatic heterocycles. The van der Waals surface area contributed by atoms with E-state index < -0.39 is 0 Å². The first-order valence-electron chi connectivity index (χ1n) is 4.75. The molecule has 1 nitrogen and oxygen atoms in total. The third-order valence-corrected chi connectivity index (χ3v) is 2.76. The molecule has 1 heterocycles. The van der Waals surface area contributed by atoms with Crippen LogP contribution in [0.4, 0.5) is 0 Å². The van der Waals surface area contributed by atoms with Gasteiger partial charge in [0, 0.05) is 5.56 Å². The minimum Gasteiger partial charge on any atom is -0.457 e. The van der Waals surface area contributed by atoms with Gasteiger partial charge in [0.05, 0.1) is 0 Å². The molecule has 1 aromatic rings. The van der Waals surface area contributed by atoms with Crippen LogP contribution in [0.2, 0.25) is 0 Å². The summed E-state index contributed by atoms with van der Waals surface area (Å²) in [5.41, 5.74) is 4.79. The van der Waals surface area contributed by atoms with Gasteiger partial charge in [-0.2, -0.15) is 0 Å². The van der Waals surface area contributed by atoms with Crippen molar-refractivity contribution in [3.63, 3.8) is 0 Å². The maximum atomic E-state index is 5.64. The molecule has 0 radical (unpaired) electrons. The molecule has 0 aliphatic carbocycles. The smallest absolute Gasteiger partial charge is 0.135 e. The molecular formula is C13H14O. The van der Waals surface area contributed by atoms with Crippen LogP contribution in [0.5, 0.6) is 5.75 Å². The van der Waals surface area contributed by atoms with Crippen molar-refractivity contribution in [2.45, 2.75) is 20.8 Å². The molecule has 2 rings (SSSR count).